The molecule has 0 bridgehead atoms. The molecule has 1 heterocycles. The summed E-state index contributed by atoms with van der Waals surface area (Å²) in [6.07, 6.45) is 5.47. The van der Waals surface area contributed by atoms with E-state index < -0.39 is 0 Å². The Morgan fingerprint density at radius 2 is 1.91 bits per heavy atom. The molecule has 0 saturated carbocycles. The Morgan fingerprint density at radius 1 is 1.12 bits per heavy atom. The van der Waals surface area contributed by atoms with Gasteiger partial charge in [0.05, 0.1) is 24.3 Å². The van der Waals surface area contributed by atoms with Gasteiger partial charge < -0.3 is 25.0 Å². The van der Waals surface area contributed by atoms with E-state index in [1.165, 1.54) is 5.69 Å². The third kappa shape index (κ3) is 6.28. The van der Waals surface area contributed by atoms with E-state index in [1.807, 2.05) is 24.5 Å². The van der Waals surface area contributed by atoms with Crippen LogP contribution in [0.2, 0.25) is 0 Å². The third-order valence-electron chi connectivity index (χ3n) is 5.58. The molecule has 2 aromatic carbocycles. The number of carbonyl (C=O) groups excluding carboxylic acids is 1. The van der Waals surface area contributed by atoms with Crippen LogP contribution in [0, 0.1) is 6.92 Å². The van der Waals surface area contributed by atoms with Crippen molar-refractivity contribution in [1.29, 1.82) is 0 Å². The van der Waals surface area contributed by atoms with Gasteiger partial charge in [-0.1, -0.05) is 50.6 Å². The topological polar surface area (TPSA) is 88.4 Å². The maximum atomic E-state index is 12.2. The van der Waals surface area contributed by atoms with Crippen LogP contribution in [0.25, 0.3) is 11.3 Å². The van der Waals surface area contributed by atoms with Crippen LogP contribution < -0.4 is 15.4 Å². The molecule has 3 N–H and O–H groups in total. The molecule has 0 aliphatic heterocycles. The smallest absolute Gasteiger partial charge is 0.319 e. The van der Waals surface area contributed by atoms with Crippen LogP contribution >= 0.6 is 0 Å². The summed E-state index contributed by atoms with van der Waals surface area (Å²) < 4.78 is 8.17. The number of hydrogen-bond acceptors (Lipinski definition) is 4. The van der Waals surface area contributed by atoms with Gasteiger partial charge in [-0.05, 0) is 38.3 Å². The molecular weight excluding hydrogens is 416 g/mol. The fourth-order valence-corrected chi connectivity index (χ4v) is 3.71. The van der Waals surface area contributed by atoms with Crippen molar-refractivity contribution in [2.24, 2.45) is 0 Å². The Labute approximate surface area is 195 Å². The summed E-state index contributed by atoms with van der Waals surface area (Å²) in [4.78, 5) is 16.9. The lowest BCUT2D eigenvalue weighted by Gasteiger charge is -2.16. The summed E-state index contributed by atoms with van der Waals surface area (Å²) in [6, 6.07) is 13.2. The van der Waals surface area contributed by atoms with Crippen LogP contribution in [0.1, 0.15) is 44.4 Å². The standard InChI is InChI=1S/C26H34N4O3/c1-4-6-15-27-26(32)29-24-19(3)22(31)13-14-23(24)33-17-10-16-30-18-28-25(21(30)5-2)20-11-8-7-9-12-20/h7-9,11-14,18,31H,4-6,10,15-17H2,1-3H3,(H2,27,29,32). The molecule has 0 spiro atoms. The zero-order valence-corrected chi connectivity index (χ0v) is 19.7. The highest BCUT2D eigenvalue weighted by molar-refractivity contribution is 5.92. The molecule has 7 heteroatoms. The van der Waals surface area contributed by atoms with Gasteiger partial charge in [0.15, 0.2) is 0 Å². The third-order valence-corrected chi connectivity index (χ3v) is 5.58. The molecule has 0 atom stereocenters. The van der Waals surface area contributed by atoms with Crippen molar-refractivity contribution in [2.75, 3.05) is 18.5 Å². The molecule has 0 radical (unpaired) electrons. The Kier molecular flexibility index (Phi) is 8.75. The first kappa shape index (κ1) is 24.2. The number of phenolic OH excluding ortho intramolecular Hbond substituents is 1. The number of hydrogen-bond donors (Lipinski definition) is 3. The number of anilines is 1. The molecule has 0 saturated heterocycles. The van der Waals surface area contributed by atoms with E-state index in [0.29, 0.717) is 30.2 Å². The second kappa shape index (κ2) is 11.9. The fourth-order valence-electron chi connectivity index (χ4n) is 3.71. The van der Waals surface area contributed by atoms with E-state index >= 15 is 0 Å². The molecule has 33 heavy (non-hydrogen) atoms. The number of urea groups is 1. The van der Waals surface area contributed by atoms with Gasteiger partial charge in [0, 0.05) is 29.9 Å². The molecule has 2 amide bonds. The summed E-state index contributed by atoms with van der Waals surface area (Å²) in [5, 5.41) is 15.7. The van der Waals surface area contributed by atoms with Gasteiger partial charge >= 0.3 is 6.03 Å². The number of nitrogens with one attached hydrogen (secondary N) is 2. The van der Waals surface area contributed by atoms with Crippen molar-refractivity contribution in [3.8, 4) is 22.8 Å². The minimum Gasteiger partial charge on any atom is -0.508 e. The maximum absolute atomic E-state index is 12.2. The van der Waals surface area contributed by atoms with E-state index in [9.17, 15) is 9.90 Å². The number of ether oxygens (including phenoxy) is 1. The number of rotatable bonds is 11. The average Bonchev–Trinajstić information content (AvgIpc) is 3.24. The van der Waals surface area contributed by atoms with Crippen LogP contribution in [-0.4, -0.2) is 33.8 Å². The predicted octanol–water partition coefficient (Wildman–Crippen LogP) is 5.52. The monoisotopic (exact) mass is 450 g/mol. The summed E-state index contributed by atoms with van der Waals surface area (Å²) >= 11 is 0. The van der Waals surface area contributed by atoms with Crippen molar-refractivity contribution in [2.45, 2.75) is 53.0 Å². The normalized spacial score (nSPS) is 10.8. The van der Waals surface area contributed by atoms with E-state index in [1.54, 1.807) is 19.1 Å². The summed E-state index contributed by atoms with van der Waals surface area (Å²) in [6.45, 7) is 7.82. The van der Waals surface area contributed by atoms with Crippen molar-refractivity contribution in [1.82, 2.24) is 14.9 Å². The molecule has 7 nitrogen and oxygen atoms in total. The first-order valence-electron chi connectivity index (χ1n) is 11.6. The lowest BCUT2D eigenvalue weighted by Crippen LogP contribution is -2.30. The van der Waals surface area contributed by atoms with Crippen molar-refractivity contribution in [3.63, 3.8) is 0 Å². The number of aromatic nitrogens is 2. The van der Waals surface area contributed by atoms with Gasteiger partial charge in [-0.15, -0.1) is 0 Å². The number of aryl methyl sites for hydroxylation is 1. The highest BCUT2D eigenvalue weighted by atomic mass is 16.5. The Balaban J connectivity index is 1.61. The van der Waals surface area contributed by atoms with Crippen molar-refractivity contribution >= 4 is 11.7 Å². The molecule has 0 unspecified atom stereocenters. The SMILES string of the molecule is CCCCNC(=O)Nc1c(OCCCn2cnc(-c3ccccc3)c2CC)ccc(O)c1C. The first-order valence-corrected chi connectivity index (χ1v) is 11.6. The second-order valence-corrected chi connectivity index (χ2v) is 7.97. The molecule has 3 aromatic rings. The maximum Gasteiger partial charge on any atom is 0.319 e. The van der Waals surface area contributed by atoms with E-state index in [4.69, 9.17) is 4.74 Å². The van der Waals surface area contributed by atoms with E-state index in [-0.39, 0.29) is 11.8 Å². The lowest BCUT2D eigenvalue weighted by molar-refractivity contribution is 0.251. The number of unbranched alkanes of at least 4 members (excludes halogenated alkanes) is 1. The average molecular weight is 451 g/mol. The van der Waals surface area contributed by atoms with Gasteiger partial charge in [-0.2, -0.15) is 0 Å². The number of amides is 2. The van der Waals surface area contributed by atoms with Crippen LogP contribution in [0.5, 0.6) is 11.5 Å². The molecule has 0 fully saturated rings. The van der Waals surface area contributed by atoms with Gasteiger partial charge in [0.25, 0.3) is 0 Å². The summed E-state index contributed by atoms with van der Waals surface area (Å²) in [5.41, 5.74) is 4.42. The fraction of sp³-hybridized carbons (Fsp3) is 0.385. The molecule has 176 valence electrons. The number of benzene rings is 2. The van der Waals surface area contributed by atoms with E-state index in [2.05, 4.69) is 46.2 Å². The Bertz CT molecular complexity index is 1050. The molecule has 1 aromatic heterocycles. The van der Waals surface area contributed by atoms with Crippen molar-refractivity contribution in [3.05, 3.63) is 60.0 Å². The number of aromatic hydroxyl groups is 1. The van der Waals surface area contributed by atoms with Crippen LogP contribution in [-0.2, 0) is 13.0 Å². The highest BCUT2D eigenvalue weighted by Gasteiger charge is 2.15. The number of imidazole rings is 1. The Hall–Kier alpha value is -3.48. The van der Waals surface area contributed by atoms with Gasteiger partial charge in [0.2, 0.25) is 0 Å². The number of nitrogens with zero attached hydrogens (tertiary/aromatic N) is 2. The predicted molar refractivity (Wildman–Crippen MR) is 132 cm³/mol. The summed E-state index contributed by atoms with van der Waals surface area (Å²) in [7, 11) is 0. The van der Waals surface area contributed by atoms with Crippen molar-refractivity contribution < 1.29 is 14.6 Å². The molecule has 0 aliphatic rings. The van der Waals surface area contributed by atoms with Crippen LogP contribution in [0.3, 0.4) is 0 Å². The molecule has 0 aliphatic carbocycles. The zero-order valence-electron chi connectivity index (χ0n) is 19.7. The van der Waals surface area contributed by atoms with Gasteiger partial charge in [0.1, 0.15) is 11.5 Å². The van der Waals surface area contributed by atoms with Gasteiger partial charge in [-0.25, -0.2) is 9.78 Å². The van der Waals surface area contributed by atoms with Crippen LogP contribution in [0.15, 0.2) is 48.8 Å². The van der Waals surface area contributed by atoms with E-state index in [0.717, 1.165) is 43.5 Å². The number of phenols is 1. The quantitative estimate of drug-likeness (QED) is 0.336. The minimum atomic E-state index is -0.304. The van der Waals surface area contributed by atoms with Crippen LogP contribution in [0.4, 0.5) is 10.5 Å². The molecular formula is C26H34N4O3. The highest BCUT2D eigenvalue weighted by Crippen LogP contribution is 2.34. The van der Waals surface area contributed by atoms with Gasteiger partial charge in [-0.3, -0.25) is 0 Å². The lowest BCUT2D eigenvalue weighted by atomic mass is 10.1. The zero-order chi connectivity index (χ0) is 23.6. The molecule has 3 rings (SSSR count). The summed E-state index contributed by atoms with van der Waals surface area (Å²) in [5.74, 6) is 0.660. The second-order valence-electron chi connectivity index (χ2n) is 7.97. The minimum absolute atomic E-state index is 0.116. The Morgan fingerprint density at radius 3 is 2.64 bits per heavy atom. The largest absolute Gasteiger partial charge is 0.508 e. The first-order chi connectivity index (χ1) is 16.0. The number of carbonyl (C=O) groups is 1.